The van der Waals surface area contributed by atoms with Crippen molar-refractivity contribution in [1.82, 2.24) is 10.6 Å². The van der Waals surface area contributed by atoms with E-state index in [-0.39, 0.29) is 23.5 Å². The number of benzene rings is 1. The Morgan fingerprint density at radius 2 is 1.91 bits per heavy atom. The van der Waals surface area contributed by atoms with E-state index in [1.54, 1.807) is 6.08 Å². The van der Waals surface area contributed by atoms with Crippen molar-refractivity contribution in [3.63, 3.8) is 0 Å². The molecule has 0 aromatic heterocycles. The van der Waals surface area contributed by atoms with Crippen LogP contribution in [0, 0.1) is 40.4 Å². The molecular formula is C29H40N2O3. The molecule has 2 unspecified atom stereocenters. The van der Waals surface area contributed by atoms with E-state index in [0.29, 0.717) is 36.3 Å². The van der Waals surface area contributed by atoms with Crippen molar-refractivity contribution in [3.05, 3.63) is 48.0 Å². The minimum absolute atomic E-state index is 0.0751. The van der Waals surface area contributed by atoms with E-state index < -0.39 is 0 Å². The normalized spacial score (nSPS) is 39.3. The number of alkyl carbamates (subject to hydrolysis) is 1. The number of nitrogens with one attached hydrogen (secondary N) is 2. The Kier molecular flexibility index (Phi) is 6.24. The van der Waals surface area contributed by atoms with E-state index in [9.17, 15) is 9.59 Å². The zero-order valence-electron chi connectivity index (χ0n) is 20.9. The van der Waals surface area contributed by atoms with Crippen LogP contribution in [0.2, 0.25) is 0 Å². The summed E-state index contributed by atoms with van der Waals surface area (Å²) in [6, 6.07) is 10.1. The Balaban J connectivity index is 1.20. The van der Waals surface area contributed by atoms with Crippen LogP contribution < -0.4 is 10.6 Å². The molecule has 4 aliphatic rings. The summed E-state index contributed by atoms with van der Waals surface area (Å²) < 4.78 is 5.43. The molecule has 5 rings (SSSR count). The first-order valence-corrected chi connectivity index (χ1v) is 13.3. The van der Waals surface area contributed by atoms with Gasteiger partial charge in [-0.25, -0.2) is 4.79 Å². The van der Waals surface area contributed by atoms with Gasteiger partial charge >= 0.3 is 6.09 Å². The van der Waals surface area contributed by atoms with Crippen molar-refractivity contribution >= 4 is 12.0 Å². The first-order valence-electron chi connectivity index (χ1n) is 13.3. The van der Waals surface area contributed by atoms with Gasteiger partial charge < -0.3 is 15.4 Å². The molecule has 0 bridgehead atoms. The summed E-state index contributed by atoms with van der Waals surface area (Å²) in [7, 11) is 0. The molecule has 1 aromatic rings. The van der Waals surface area contributed by atoms with Gasteiger partial charge in [0.2, 0.25) is 5.91 Å². The molecule has 3 aliphatic carbocycles. The third-order valence-corrected chi connectivity index (χ3v) is 10.2. The predicted molar refractivity (Wildman–Crippen MR) is 133 cm³/mol. The molecule has 5 nitrogen and oxygen atoms in total. The van der Waals surface area contributed by atoms with Gasteiger partial charge in [0.15, 0.2) is 0 Å². The van der Waals surface area contributed by atoms with E-state index in [1.165, 1.54) is 32.1 Å². The summed E-state index contributed by atoms with van der Waals surface area (Å²) in [5.74, 6) is 3.26. The van der Waals surface area contributed by atoms with Crippen molar-refractivity contribution < 1.29 is 14.3 Å². The van der Waals surface area contributed by atoms with Gasteiger partial charge in [0.05, 0.1) is 0 Å². The van der Waals surface area contributed by atoms with Crippen LogP contribution >= 0.6 is 0 Å². The maximum Gasteiger partial charge on any atom is 0.407 e. The molecule has 2 N–H and O–H groups in total. The highest BCUT2D eigenvalue weighted by atomic mass is 16.5. The summed E-state index contributed by atoms with van der Waals surface area (Å²) in [5, 5.41) is 6.29. The van der Waals surface area contributed by atoms with Gasteiger partial charge in [0, 0.05) is 18.0 Å². The Hall–Kier alpha value is -2.30. The van der Waals surface area contributed by atoms with Crippen LogP contribution in [-0.4, -0.2) is 24.6 Å². The van der Waals surface area contributed by atoms with Crippen molar-refractivity contribution in [2.45, 2.75) is 71.9 Å². The molecule has 0 spiro atoms. The summed E-state index contributed by atoms with van der Waals surface area (Å²) >= 11 is 0. The maximum atomic E-state index is 12.3. The zero-order chi connectivity index (χ0) is 23.9. The quantitative estimate of drug-likeness (QED) is 0.608. The fourth-order valence-electron chi connectivity index (χ4n) is 8.47. The van der Waals surface area contributed by atoms with E-state index in [0.717, 1.165) is 23.8 Å². The molecule has 0 saturated heterocycles. The van der Waals surface area contributed by atoms with Gasteiger partial charge in [-0.2, -0.15) is 0 Å². The molecule has 1 aromatic carbocycles. The number of carbonyl (C=O) groups is 2. The zero-order valence-corrected chi connectivity index (χ0v) is 20.9. The number of carbonyl (C=O) groups excluding carboxylic acids is 2. The van der Waals surface area contributed by atoms with Crippen molar-refractivity contribution in [1.29, 1.82) is 0 Å². The van der Waals surface area contributed by atoms with Gasteiger partial charge in [0.1, 0.15) is 6.61 Å². The lowest BCUT2D eigenvalue weighted by Crippen LogP contribution is -2.59. The first kappa shape index (κ1) is 23.4. The average Bonchev–Trinajstić information content (AvgIpc) is 3.19. The average molecular weight is 465 g/mol. The minimum atomic E-state index is -0.323. The maximum absolute atomic E-state index is 12.3. The highest BCUT2D eigenvalue weighted by Gasteiger charge is 2.60. The second kappa shape index (κ2) is 9.05. The lowest BCUT2D eigenvalue weighted by Gasteiger charge is -2.59. The molecule has 2 amide bonds. The van der Waals surface area contributed by atoms with Crippen molar-refractivity contribution in [3.8, 4) is 0 Å². The highest BCUT2D eigenvalue weighted by Crippen LogP contribution is 2.66. The van der Waals surface area contributed by atoms with Crippen LogP contribution in [0.25, 0.3) is 0 Å². The molecule has 1 aliphatic heterocycles. The molecular weight excluding hydrogens is 424 g/mol. The fraction of sp³-hybridized carbons (Fsp3) is 0.655. The molecule has 0 radical (unpaired) electrons. The Morgan fingerprint density at radius 1 is 1.12 bits per heavy atom. The van der Waals surface area contributed by atoms with Gasteiger partial charge in [-0.1, -0.05) is 57.2 Å². The molecule has 34 heavy (non-hydrogen) atoms. The summed E-state index contributed by atoms with van der Waals surface area (Å²) in [5.41, 5.74) is 1.43. The van der Waals surface area contributed by atoms with Crippen LogP contribution in [0.3, 0.4) is 0 Å². The van der Waals surface area contributed by atoms with Crippen LogP contribution in [0.4, 0.5) is 4.79 Å². The standard InChI is InChI=1S/C29H40N2O3/c1-19(17-30-27(33)34-18-20-7-5-4-6-8-20)22-10-11-23-21-9-12-25-29(3,16-14-26(32)31-25)24(21)13-15-28(22,23)2/h4-8,14,16,19,21-25H,9-13,15,17-18H2,1-3H3,(H,30,33)(H,31,32)/t19?,21-,22+,23-,24-,25?,28+,29+/m0/s1. The SMILES string of the molecule is CC(CNC(=O)OCc1ccccc1)[C@H]1CC[C@H]2[C@@H]3CCC4NC(=O)C=C[C@]4(C)[C@H]3CC[C@]12C. The van der Waals surface area contributed by atoms with Gasteiger partial charge in [-0.15, -0.1) is 0 Å². The lowest BCUT2D eigenvalue weighted by molar-refractivity contribution is -0.122. The first-order chi connectivity index (χ1) is 16.3. The Bertz CT molecular complexity index is 946. The van der Waals surface area contributed by atoms with Gasteiger partial charge in [-0.3, -0.25) is 4.79 Å². The molecule has 5 heteroatoms. The van der Waals surface area contributed by atoms with E-state index >= 15 is 0 Å². The highest BCUT2D eigenvalue weighted by molar-refractivity contribution is 5.89. The van der Waals surface area contributed by atoms with Crippen LogP contribution in [0.5, 0.6) is 0 Å². The molecule has 8 atom stereocenters. The van der Waals surface area contributed by atoms with E-state index in [1.807, 2.05) is 30.3 Å². The van der Waals surface area contributed by atoms with Crippen LogP contribution in [0.1, 0.15) is 64.9 Å². The van der Waals surface area contributed by atoms with Gasteiger partial charge in [-0.05, 0) is 85.2 Å². The number of hydrogen-bond acceptors (Lipinski definition) is 3. The predicted octanol–water partition coefficient (Wildman–Crippen LogP) is 5.46. The van der Waals surface area contributed by atoms with Gasteiger partial charge in [0.25, 0.3) is 0 Å². The number of ether oxygens (including phenoxy) is 1. The lowest BCUT2D eigenvalue weighted by atomic mass is 9.47. The van der Waals surface area contributed by atoms with Crippen LogP contribution in [-0.2, 0) is 16.1 Å². The van der Waals surface area contributed by atoms with Crippen LogP contribution in [0.15, 0.2) is 42.5 Å². The monoisotopic (exact) mass is 464 g/mol. The molecule has 3 saturated carbocycles. The second-order valence-corrected chi connectivity index (χ2v) is 11.9. The molecule has 3 fully saturated rings. The number of hydrogen-bond donors (Lipinski definition) is 2. The van der Waals surface area contributed by atoms with Crippen molar-refractivity contribution in [2.24, 2.45) is 40.4 Å². The second-order valence-electron chi connectivity index (χ2n) is 11.9. The largest absolute Gasteiger partial charge is 0.445 e. The summed E-state index contributed by atoms with van der Waals surface area (Å²) in [6.45, 7) is 8.19. The molecule has 1 heterocycles. The van der Waals surface area contributed by atoms with E-state index in [2.05, 4.69) is 37.5 Å². The summed E-state index contributed by atoms with van der Waals surface area (Å²) in [4.78, 5) is 24.3. The van der Waals surface area contributed by atoms with E-state index in [4.69, 9.17) is 4.74 Å². The minimum Gasteiger partial charge on any atom is -0.445 e. The van der Waals surface area contributed by atoms with Crippen molar-refractivity contribution in [2.75, 3.05) is 6.54 Å². The third kappa shape index (κ3) is 4.05. The number of amides is 2. The fourth-order valence-corrected chi connectivity index (χ4v) is 8.47. The number of fused-ring (bicyclic) bond motifs is 5. The number of rotatable bonds is 5. The molecule has 184 valence electrons. The Morgan fingerprint density at radius 3 is 2.71 bits per heavy atom. The Labute approximate surface area is 204 Å². The smallest absolute Gasteiger partial charge is 0.407 e. The topological polar surface area (TPSA) is 67.4 Å². The third-order valence-electron chi connectivity index (χ3n) is 10.2. The summed E-state index contributed by atoms with van der Waals surface area (Å²) in [6.07, 6.45) is 11.0.